The second-order valence-corrected chi connectivity index (χ2v) is 5.34. The van der Waals surface area contributed by atoms with E-state index in [0.29, 0.717) is 13.2 Å². The van der Waals surface area contributed by atoms with Crippen molar-refractivity contribution >= 4 is 10.8 Å². The molecule has 0 fully saturated rings. The SMILES string of the molecule is c1ccc2c3c(ccc2c1)OCCCCOCCCCO3. The fourth-order valence-electron chi connectivity index (χ4n) is 2.56. The Balaban J connectivity index is 1.87. The molecule has 0 amide bonds. The molecule has 0 N–H and O–H groups in total. The first-order chi connectivity index (χ1) is 10.4. The highest BCUT2D eigenvalue weighted by molar-refractivity contribution is 5.90. The van der Waals surface area contributed by atoms with E-state index in [1.54, 1.807) is 0 Å². The molecule has 21 heavy (non-hydrogen) atoms. The van der Waals surface area contributed by atoms with Crippen molar-refractivity contribution in [2.75, 3.05) is 26.4 Å². The van der Waals surface area contributed by atoms with E-state index in [1.807, 2.05) is 18.2 Å². The van der Waals surface area contributed by atoms with E-state index in [1.165, 1.54) is 5.39 Å². The van der Waals surface area contributed by atoms with Crippen molar-refractivity contribution in [3.05, 3.63) is 36.4 Å². The van der Waals surface area contributed by atoms with Gasteiger partial charge in [0.1, 0.15) is 0 Å². The maximum Gasteiger partial charge on any atom is 0.168 e. The molecule has 0 atom stereocenters. The molecule has 0 bridgehead atoms. The molecule has 0 spiro atoms. The molecule has 1 heterocycles. The molecular weight excluding hydrogens is 264 g/mol. The fraction of sp³-hybridized carbons (Fsp3) is 0.444. The summed E-state index contributed by atoms with van der Waals surface area (Å²) >= 11 is 0. The smallest absolute Gasteiger partial charge is 0.168 e. The Morgan fingerprint density at radius 1 is 0.667 bits per heavy atom. The average molecular weight is 286 g/mol. The molecule has 3 nitrogen and oxygen atoms in total. The van der Waals surface area contributed by atoms with E-state index in [0.717, 1.165) is 55.8 Å². The molecule has 2 aromatic rings. The van der Waals surface area contributed by atoms with Crippen LogP contribution >= 0.6 is 0 Å². The first-order valence-corrected chi connectivity index (χ1v) is 7.80. The summed E-state index contributed by atoms with van der Waals surface area (Å²) in [7, 11) is 0. The summed E-state index contributed by atoms with van der Waals surface area (Å²) in [6.07, 6.45) is 4.10. The molecule has 0 saturated carbocycles. The minimum absolute atomic E-state index is 0.702. The lowest BCUT2D eigenvalue weighted by Gasteiger charge is -2.15. The maximum absolute atomic E-state index is 6.03. The highest BCUT2D eigenvalue weighted by Crippen LogP contribution is 2.36. The molecule has 3 rings (SSSR count). The van der Waals surface area contributed by atoms with E-state index in [4.69, 9.17) is 14.2 Å². The molecule has 0 unspecified atom stereocenters. The summed E-state index contributed by atoms with van der Waals surface area (Å²) in [6.45, 7) is 3.06. The quantitative estimate of drug-likeness (QED) is 0.727. The predicted molar refractivity (Wildman–Crippen MR) is 84.2 cm³/mol. The van der Waals surface area contributed by atoms with Gasteiger partial charge in [0.25, 0.3) is 0 Å². The van der Waals surface area contributed by atoms with Crippen molar-refractivity contribution in [2.45, 2.75) is 25.7 Å². The Kier molecular flexibility index (Phi) is 4.95. The first kappa shape index (κ1) is 14.2. The molecule has 112 valence electrons. The maximum atomic E-state index is 6.03. The Bertz CT molecular complexity index is 580. The molecule has 0 saturated heterocycles. The molecular formula is C18H22O3. The monoisotopic (exact) mass is 286 g/mol. The third kappa shape index (κ3) is 3.67. The lowest BCUT2D eigenvalue weighted by molar-refractivity contribution is 0.121. The van der Waals surface area contributed by atoms with Crippen LogP contribution in [0.2, 0.25) is 0 Å². The number of hydrogen-bond acceptors (Lipinski definition) is 3. The second kappa shape index (κ2) is 7.32. The molecule has 3 heteroatoms. The highest BCUT2D eigenvalue weighted by atomic mass is 16.5. The second-order valence-electron chi connectivity index (χ2n) is 5.34. The van der Waals surface area contributed by atoms with Gasteiger partial charge in [-0.2, -0.15) is 0 Å². The van der Waals surface area contributed by atoms with E-state index in [-0.39, 0.29) is 0 Å². The van der Waals surface area contributed by atoms with Crippen LogP contribution in [-0.2, 0) is 4.74 Å². The van der Waals surface area contributed by atoms with E-state index in [2.05, 4.69) is 18.2 Å². The third-order valence-electron chi connectivity index (χ3n) is 3.71. The predicted octanol–water partition coefficient (Wildman–Crippen LogP) is 4.19. The van der Waals surface area contributed by atoms with Gasteiger partial charge in [-0.05, 0) is 37.1 Å². The highest BCUT2D eigenvalue weighted by Gasteiger charge is 2.10. The largest absolute Gasteiger partial charge is 0.490 e. The van der Waals surface area contributed by atoms with Crippen molar-refractivity contribution in [3.8, 4) is 11.5 Å². The standard InChI is InChI=1S/C18H22O3/c1-2-8-16-15(7-1)9-10-17-18(16)21-14-6-4-12-19-11-3-5-13-20-17/h1-2,7-10H,3-6,11-14H2. The van der Waals surface area contributed by atoms with Gasteiger partial charge in [-0.1, -0.05) is 30.3 Å². The summed E-state index contributed by atoms with van der Waals surface area (Å²) in [5.74, 6) is 1.74. The van der Waals surface area contributed by atoms with Crippen LogP contribution in [0.4, 0.5) is 0 Å². The van der Waals surface area contributed by atoms with Gasteiger partial charge in [-0.15, -0.1) is 0 Å². The summed E-state index contributed by atoms with van der Waals surface area (Å²) in [5.41, 5.74) is 0. The van der Waals surface area contributed by atoms with Gasteiger partial charge in [-0.25, -0.2) is 0 Å². The Morgan fingerprint density at radius 2 is 1.38 bits per heavy atom. The fourth-order valence-corrected chi connectivity index (χ4v) is 2.56. The third-order valence-corrected chi connectivity index (χ3v) is 3.71. The molecule has 0 aliphatic carbocycles. The van der Waals surface area contributed by atoms with Crippen LogP contribution in [0.15, 0.2) is 36.4 Å². The molecule has 2 aromatic carbocycles. The van der Waals surface area contributed by atoms with Crippen LogP contribution in [-0.4, -0.2) is 26.4 Å². The van der Waals surface area contributed by atoms with Gasteiger partial charge in [-0.3, -0.25) is 0 Å². The topological polar surface area (TPSA) is 27.7 Å². The number of hydrogen-bond donors (Lipinski definition) is 0. The van der Waals surface area contributed by atoms with Crippen LogP contribution in [0.1, 0.15) is 25.7 Å². The van der Waals surface area contributed by atoms with Gasteiger partial charge in [0, 0.05) is 18.6 Å². The van der Waals surface area contributed by atoms with E-state index in [9.17, 15) is 0 Å². The molecule has 0 aromatic heterocycles. The van der Waals surface area contributed by atoms with Crippen LogP contribution in [0, 0.1) is 0 Å². The molecule has 1 aliphatic heterocycles. The van der Waals surface area contributed by atoms with Crippen molar-refractivity contribution in [1.29, 1.82) is 0 Å². The zero-order valence-corrected chi connectivity index (χ0v) is 12.3. The minimum atomic E-state index is 0.702. The Labute approximate surface area is 125 Å². The minimum Gasteiger partial charge on any atom is -0.490 e. The zero-order chi connectivity index (χ0) is 14.3. The van der Waals surface area contributed by atoms with Crippen LogP contribution in [0.5, 0.6) is 11.5 Å². The number of rotatable bonds is 0. The average Bonchev–Trinajstić information content (AvgIpc) is 2.55. The Morgan fingerprint density at radius 3 is 2.24 bits per heavy atom. The Hall–Kier alpha value is -1.74. The lowest BCUT2D eigenvalue weighted by Crippen LogP contribution is -2.03. The van der Waals surface area contributed by atoms with Crippen molar-refractivity contribution < 1.29 is 14.2 Å². The zero-order valence-electron chi connectivity index (χ0n) is 12.3. The molecule has 1 aliphatic rings. The van der Waals surface area contributed by atoms with Crippen LogP contribution in [0.3, 0.4) is 0 Å². The summed E-state index contributed by atoms with van der Waals surface area (Å²) < 4.78 is 17.5. The molecule has 0 radical (unpaired) electrons. The van der Waals surface area contributed by atoms with Crippen LogP contribution < -0.4 is 9.47 Å². The van der Waals surface area contributed by atoms with Crippen LogP contribution in [0.25, 0.3) is 10.8 Å². The van der Waals surface area contributed by atoms with Gasteiger partial charge in [0.05, 0.1) is 13.2 Å². The van der Waals surface area contributed by atoms with Gasteiger partial charge in [0.2, 0.25) is 0 Å². The van der Waals surface area contributed by atoms with Gasteiger partial charge in [0.15, 0.2) is 11.5 Å². The van der Waals surface area contributed by atoms with Crippen molar-refractivity contribution in [3.63, 3.8) is 0 Å². The summed E-state index contributed by atoms with van der Waals surface area (Å²) in [5, 5.41) is 2.31. The van der Waals surface area contributed by atoms with Crippen molar-refractivity contribution in [1.82, 2.24) is 0 Å². The number of fused-ring (bicyclic) bond motifs is 3. The van der Waals surface area contributed by atoms with Gasteiger partial charge >= 0.3 is 0 Å². The normalized spacial score (nSPS) is 17.5. The summed E-state index contributed by atoms with van der Waals surface area (Å²) in [6, 6.07) is 12.4. The van der Waals surface area contributed by atoms with E-state index >= 15 is 0 Å². The van der Waals surface area contributed by atoms with Crippen molar-refractivity contribution in [2.24, 2.45) is 0 Å². The lowest BCUT2D eigenvalue weighted by atomic mass is 10.1. The number of benzene rings is 2. The van der Waals surface area contributed by atoms with Gasteiger partial charge < -0.3 is 14.2 Å². The first-order valence-electron chi connectivity index (χ1n) is 7.80. The van der Waals surface area contributed by atoms with E-state index < -0.39 is 0 Å². The summed E-state index contributed by atoms with van der Waals surface area (Å²) in [4.78, 5) is 0. The number of ether oxygens (including phenoxy) is 3.